The minimum absolute atomic E-state index is 0.0734. The Labute approximate surface area is 149 Å². The number of fused-ring (bicyclic) bond motifs is 1. The summed E-state index contributed by atoms with van der Waals surface area (Å²) in [6.07, 6.45) is 6.51. The van der Waals surface area contributed by atoms with Gasteiger partial charge in [-0.25, -0.2) is 9.50 Å². The third-order valence-electron chi connectivity index (χ3n) is 5.82. The summed E-state index contributed by atoms with van der Waals surface area (Å²) < 4.78 is 13.9. The molecule has 0 N–H and O–H groups in total. The summed E-state index contributed by atoms with van der Waals surface area (Å²) in [6.45, 7) is 7.95. The van der Waals surface area contributed by atoms with Gasteiger partial charge in [0.2, 0.25) is 0 Å². The lowest BCUT2D eigenvalue weighted by Gasteiger charge is -2.48. The SMILES string of the molecule is COC1CCCOC12CCN(Cc1cnn3c(C)cc(C)nc13)CC2. The molecule has 1 spiro atoms. The highest BCUT2D eigenvalue weighted by Crippen LogP contribution is 2.37. The molecule has 2 aromatic heterocycles. The van der Waals surface area contributed by atoms with Crippen molar-refractivity contribution < 1.29 is 9.47 Å². The highest BCUT2D eigenvalue weighted by molar-refractivity contribution is 5.47. The second kappa shape index (κ2) is 6.67. The Morgan fingerprint density at radius 3 is 2.88 bits per heavy atom. The minimum atomic E-state index is -0.0734. The van der Waals surface area contributed by atoms with Gasteiger partial charge in [-0.3, -0.25) is 4.90 Å². The molecule has 2 saturated heterocycles. The van der Waals surface area contributed by atoms with Crippen molar-refractivity contribution in [1.82, 2.24) is 19.5 Å². The fraction of sp³-hybridized carbons (Fsp3) is 0.684. The van der Waals surface area contributed by atoms with Crippen LogP contribution in [-0.4, -0.2) is 58.0 Å². The molecule has 4 heterocycles. The topological polar surface area (TPSA) is 51.9 Å². The van der Waals surface area contributed by atoms with Crippen LogP contribution in [0.15, 0.2) is 12.3 Å². The number of aromatic nitrogens is 3. The van der Waals surface area contributed by atoms with E-state index in [9.17, 15) is 0 Å². The number of aryl methyl sites for hydroxylation is 2. The first-order chi connectivity index (χ1) is 12.1. The van der Waals surface area contributed by atoms with Crippen LogP contribution in [0.25, 0.3) is 5.65 Å². The Bertz CT molecular complexity index is 749. The lowest BCUT2D eigenvalue weighted by Crippen LogP contribution is -2.55. The predicted octanol–water partition coefficient (Wildman–Crippen LogP) is 2.51. The van der Waals surface area contributed by atoms with Gasteiger partial charge < -0.3 is 9.47 Å². The van der Waals surface area contributed by atoms with Crippen LogP contribution < -0.4 is 0 Å². The fourth-order valence-electron chi connectivity index (χ4n) is 4.46. The van der Waals surface area contributed by atoms with Crippen molar-refractivity contribution in [3.05, 3.63) is 29.2 Å². The molecule has 6 nitrogen and oxygen atoms in total. The van der Waals surface area contributed by atoms with E-state index in [1.165, 1.54) is 5.56 Å². The Hall–Kier alpha value is -1.50. The van der Waals surface area contributed by atoms with Crippen molar-refractivity contribution in [2.45, 2.75) is 57.8 Å². The van der Waals surface area contributed by atoms with Crippen molar-refractivity contribution >= 4 is 5.65 Å². The quantitative estimate of drug-likeness (QED) is 0.856. The predicted molar refractivity (Wildman–Crippen MR) is 95.7 cm³/mol. The Morgan fingerprint density at radius 1 is 1.32 bits per heavy atom. The third-order valence-corrected chi connectivity index (χ3v) is 5.82. The molecule has 6 heteroatoms. The lowest BCUT2D eigenvalue weighted by molar-refractivity contribution is -0.186. The lowest BCUT2D eigenvalue weighted by atomic mass is 9.82. The molecule has 136 valence electrons. The maximum absolute atomic E-state index is 6.21. The molecule has 0 saturated carbocycles. The first-order valence-corrected chi connectivity index (χ1v) is 9.31. The number of rotatable bonds is 3. The molecule has 2 aliphatic heterocycles. The number of hydrogen-bond acceptors (Lipinski definition) is 5. The van der Waals surface area contributed by atoms with Gasteiger partial charge in [0.1, 0.15) is 0 Å². The standard InChI is InChI=1S/C19H28N4O2/c1-14-11-15(2)23-18(21-14)16(12-20-23)13-22-8-6-19(7-9-22)17(24-3)5-4-10-25-19/h11-12,17H,4-10,13H2,1-3H3. The summed E-state index contributed by atoms with van der Waals surface area (Å²) >= 11 is 0. The summed E-state index contributed by atoms with van der Waals surface area (Å²) in [6, 6.07) is 2.07. The van der Waals surface area contributed by atoms with Crippen molar-refractivity contribution in [2.75, 3.05) is 26.8 Å². The van der Waals surface area contributed by atoms with Gasteiger partial charge in [-0.2, -0.15) is 5.10 Å². The van der Waals surface area contributed by atoms with Gasteiger partial charge >= 0.3 is 0 Å². The van der Waals surface area contributed by atoms with E-state index < -0.39 is 0 Å². The van der Waals surface area contributed by atoms with Gasteiger partial charge in [0.25, 0.3) is 0 Å². The molecule has 0 aliphatic carbocycles. The molecular weight excluding hydrogens is 316 g/mol. The molecule has 1 atom stereocenters. The second-order valence-corrected chi connectivity index (χ2v) is 7.50. The van der Waals surface area contributed by atoms with E-state index in [1.807, 2.05) is 24.7 Å². The van der Waals surface area contributed by atoms with E-state index in [4.69, 9.17) is 14.5 Å². The van der Waals surface area contributed by atoms with Crippen LogP contribution in [0.1, 0.15) is 42.6 Å². The monoisotopic (exact) mass is 344 g/mol. The van der Waals surface area contributed by atoms with Crippen LogP contribution in [-0.2, 0) is 16.0 Å². The molecule has 0 bridgehead atoms. The van der Waals surface area contributed by atoms with Crippen molar-refractivity contribution in [2.24, 2.45) is 0 Å². The molecule has 0 aromatic carbocycles. The minimum Gasteiger partial charge on any atom is -0.378 e. The van der Waals surface area contributed by atoms with Gasteiger partial charge in [0.05, 0.1) is 17.9 Å². The van der Waals surface area contributed by atoms with E-state index in [1.54, 1.807) is 0 Å². The van der Waals surface area contributed by atoms with Crippen LogP contribution in [0, 0.1) is 13.8 Å². The number of methoxy groups -OCH3 is 1. The van der Waals surface area contributed by atoms with Crippen molar-refractivity contribution in [3.8, 4) is 0 Å². The summed E-state index contributed by atoms with van der Waals surface area (Å²) in [7, 11) is 1.82. The number of nitrogens with zero attached hydrogens (tertiary/aromatic N) is 4. The van der Waals surface area contributed by atoms with Crippen LogP contribution >= 0.6 is 0 Å². The molecule has 2 fully saturated rings. The van der Waals surface area contributed by atoms with Crippen molar-refractivity contribution in [1.29, 1.82) is 0 Å². The fourth-order valence-corrected chi connectivity index (χ4v) is 4.46. The largest absolute Gasteiger partial charge is 0.378 e. The van der Waals surface area contributed by atoms with Crippen LogP contribution in [0.3, 0.4) is 0 Å². The number of hydrogen-bond donors (Lipinski definition) is 0. The molecule has 2 aliphatic rings. The summed E-state index contributed by atoms with van der Waals surface area (Å²) in [5.74, 6) is 0. The first kappa shape index (κ1) is 16.9. The third kappa shape index (κ3) is 3.07. The summed E-state index contributed by atoms with van der Waals surface area (Å²) in [4.78, 5) is 7.19. The van der Waals surface area contributed by atoms with Crippen LogP contribution in [0.2, 0.25) is 0 Å². The molecule has 25 heavy (non-hydrogen) atoms. The Balaban J connectivity index is 1.47. The van der Waals surface area contributed by atoms with Gasteiger partial charge in [-0.05, 0) is 45.6 Å². The van der Waals surface area contributed by atoms with Gasteiger partial charge in [-0.1, -0.05) is 0 Å². The molecule has 4 rings (SSSR count). The van der Waals surface area contributed by atoms with E-state index >= 15 is 0 Å². The molecule has 2 aromatic rings. The normalized spacial score (nSPS) is 24.2. The molecular formula is C19H28N4O2. The molecule has 0 radical (unpaired) electrons. The number of piperidine rings is 1. The van der Waals surface area contributed by atoms with Gasteiger partial charge in [-0.15, -0.1) is 0 Å². The molecule has 0 amide bonds. The Kier molecular flexibility index (Phi) is 4.52. The van der Waals surface area contributed by atoms with E-state index in [2.05, 4.69) is 23.0 Å². The van der Waals surface area contributed by atoms with E-state index in [-0.39, 0.29) is 11.7 Å². The molecule has 1 unspecified atom stereocenters. The number of ether oxygens (including phenoxy) is 2. The van der Waals surface area contributed by atoms with Gasteiger partial charge in [0, 0.05) is 50.3 Å². The van der Waals surface area contributed by atoms with Crippen molar-refractivity contribution in [3.63, 3.8) is 0 Å². The zero-order valence-corrected chi connectivity index (χ0v) is 15.5. The smallest absolute Gasteiger partial charge is 0.159 e. The average molecular weight is 344 g/mol. The number of likely N-dealkylation sites (tertiary alicyclic amines) is 1. The summed E-state index contributed by atoms with van der Waals surface area (Å²) in [5, 5.41) is 4.52. The van der Waals surface area contributed by atoms with Gasteiger partial charge in [0.15, 0.2) is 5.65 Å². The van der Waals surface area contributed by atoms with E-state index in [0.717, 1.165) is 69.0 Å². The highest BCUT2D eigenvalue weighted by Gasteiger charge is 2.44. The second-order valence-electron chi connectivity index (χ2n) is 7.50. The van der Waals surface area contributed by atoms with Crippen LogP contribution in [0.4, 0.5) is 0 Å². The summed E-state index contributed by atoms with van der Waals surface area (Å²) in [5.41, 5.74) is 4.29. The van der Waals surface area contributed by atoms with Crippen LogP contribution in [0.5, 0.6) is 0 Å². The maximum atomic E-state index is 6.21. The Morgan fingerprint density at radius 2 is 2.12 bits per heavy atom. The highest BCUT2D eigenvalue weighted by atomic mass is 16.5. The van der Waals surface area contributed by atoms with E-state index in [0.29, 0.717) is 0 Å². The zero-order chi connectivity index (χ0) is 17.4. The first-order valence-electron chi connectivity index (χ1n) is 9.31. The maximum Gasteiger partial charge on any atom is 0.159 e. The average Bonchev–Trinajstić information content (AvgIpc) is 3.00. The zero-order valence-electron chi connectivity index (χ0n) is 15.5.